The van der Waals surface area contributed by atoms with E-state index in [0.717, 1.165) is 6.20 Å². The number of aromatic nitrogens is 3. The first kappa shape index (κ1) is 19.3. The monoisotopic (exact) mass is 402 g/mol. The van der Waals surface area contributed by atoms with E-state index in [9.17, 15) is 13.6 Å². The highest BCUT2D eigenvalue weighted by atomic mass is 19.1. The molecule has 0 spiro atoms. The van der Waals surface area contributed by atoms with Crippen LogP contribution in [0.3, 0.4) is 0 Å². The summed E-state index contributed by atoms with van der Waals surface area (Å²) < 4.78 is 28.4. The quantitative estimate of drug-likeness (QED) is 0.498. The van der Waals surface area contributed by atoms with Crippen molar-refractivity contribution in [3.05, 3.63) is 96.2 Å². The number of Topliss-reactive ketones (excluding diaryl/α,β-unsaturated/α-hetero) is 1. The maximum atomic E-state index is 14.2. The Kier molecular flexibility index (Phi) is 5.26. The van der Waals surface area contributed by atoms with Gasteiger partial charge in [0.15, 0.2) is 5.78 Å². The lowest BCUT2D eigenvalue weighted by molar-refractivity contribution is 0.0989. The molecule has 7 heteroatoms. The number of ketones is 1. The largest absolute Gasteiger partial charge is 0.397 e. The summed E-state index contributed by atoms with van der Waals surface area (Å²) in [5.41, 5.74) is 8.12. The average molecular weight is 402 g/mol. The summed E-state index contributed by atoms with van der Waals surface area (Å²) in [6, 6.07) is 12.4. The Morgan fingerprint density at radius 2 is 1.57 bits per heavy atom. The minimum atomic E-state index is -0.503. The van der Waals surface area contributed by atoms with Crippen molar-refractivity contribution < 1.29 is 13.6 Å². The Bertz CT molecular complexity index is 1240. The zero-order valence-corrected chi connectivity index (χ0v) is 15.7. The van der Waals surface area contributed by atoms with Gasteiger partial charge in [0.1, 0.15) is 17.3 Å². The van der Waals surface area contributed by atoms with E-state index >= 15 is 0 Å². The normalized spacial score (nSPS) is 10.7. The molecule has 0 amide bonds. The number of anilines is 1. The van der Waals surface area contributed by atoms with Gasteiger partial charge in [0, 0.05) is 36.1 Å². The first-order valence-electron chi connectivity index (χ1n) is 9.12. The molecule has 0 atom stereocenters. The predicted octanol–water partition coefficient (Wildman–Crippen LogP) is 4.49. The molecule has 0 aliphatic carbocycles. The van der Waals surface area contributed by atoms with Crippen LogP contribution in [-0.4, -0.2) is 20.7 Å². The number of hydrogen-bond acceptors (Lipinski definition) is 5. The fourth-order valence-corrected chi connectivity index (χ4v) is 3.19. The second-order valence-corrected chi connectivity index (χ2v) is 6.60. The van der Waals surface area contributed by atoms with E-state index in [2.05, 4.69) is 15.0 Å². The van der Waals surface area contributed by atoms with Crippen molar-refractivity contribution in [2.75, 3.05) is 5.73 Å². The molecule has 5 nitrogen and oxygen atoms in total. The third-order valence-electron chi connectivity index (χ3n) is 4.66. The van der Waals surface area contributed by atoms with Gasteiger partial charge in [0.25, 0.3) is 0 Å². The van der Waals surface area contributed by atoms with Gasteiger partial charge in [-0.15, -0.1) is 0 Å². The molecule has 0 saturated carbocycles. The van der Waals surface area contributed by atoms with Crippen LogP contribution in [0, 0.1) is 11.6 Å². The molecule has 4 aromatic rings. The molecule has 3 heterocycles. The van der Waals surface area contributed by atoms with Gasteiger partial charge in [0.05, 0.1) is 17.6 Å². The Morgan fingerprint density at radius 3 is 2.33 bits per heavy atom. The number of nitrogens with zero attached hydrogens (tertiary/aromatic N) is 3. The van der Waals surface area contributed by atoms with Crippen molar-refractivity contribution in [2.45, 2.75) is 6.42 Å². The van der Waals surface area contributed by atoms with Crippen LogP contribution < -0.4 is 5.73 Å². The van der Waals surface area contributed by atoms with Crippen molar-refractivity contribution >= 4 is 11.5 Å². The summed E-state index contributed by atoms with van der Waals surface area (Å²) in [7, 11) is 0. The van der Waals surface area contributed by atoms with E-state index in [1.807, 2.05) is 0 Å². The van der Waals surface area contributed by atoms with Crippen LogP contribution >= 0.6 is 0 Å². The summed E-state index contributed by atoms with van der Waals surface area (Å²) in [6.07, 6.45) is 5.52. The third kappa shape index (κ3) is 3.77. The Hall–Kier alpha value is -4.00. The number of nitrogen functional groups attached to an aromatic ring is 1. The van der Waals surface area contributed by atoms with Crippen LogP contribution in [0.2, 0.25) is 0 Å². The molecule has 30 heavy (non-hydrogen) atoms. The summed E-state index contributed by atoms with van der Waals surface area (Å²) in [5.74, 6) is -1.33. The van der Waals surface area contributed by atoms with E-state index in [1.54, 1.807) is 30.3 Å². The van der Waals surface area contributed by atoms with Crippen LogP contribution in [0.25, 0.3) is 22.4 Å². The fourth-order valence-electron chi connectivity index (χ4n) is 3.19. The van der Waals surface area contributed by atoms with Gasteiger partial charge in [-0.25, -0.2) is 13.8 Å². The lowest BCUT2D eigenvalue weighted by Gasteiger charge is -2.11. The van der Waals surface area contributed by atoms with Gasteiger partial charge < -0.3 is 5.73 Å². The number of carbonyl (C=O) groups excluding carboxylic acids is 1. The summed E-state index contributed by atoms with van der Waals surface area (Å²) in [4.78, 5) is 25.1. The Morgan fingerprint density at radius 1 is 0.833 bits per heavy atom. The number of pyridine rings is 3. The molecule has 148 valence electrons. The lowest BCUT2D eigenvalue weighted by atomic mass is 9.97. The molecule has 0 bridgehead atoms. The number of benzene rings is 1. The highest BCUT2D eigenvalue weighted by Gasteiger charge is 2.18. The molecule has 0 saturated heterocycles. The highest BCUT2D eigenvalue weighted by Crippen LogP contribution is 2.27. The number of hydrogen-bond donors (Lipinski definition) is 1. The molecule has 0 unspecified atom stereocenters. The Labute approximate surface area is 171 Å². The minimum absolute atomic E-state index is 0.0285. The lowest BCUT2D eigenvalue weighted by Crippen LogP contribution is -2.11. The summed E-state index contributed by atoms with van der Waals surface area (Å²) >= 11 is 0. The standard InChI is InChI=1S/C23H16F2N4O/c24-18-4-2-1-3-17(18)21-6-5-20(26)23(29-21)22(30)11-14-12-27-9-7-15(14)16-8-10-28-13-19(16)25/h1-10,12-13H,11,26H2. The van der Waals surface area contributed by atoms with E-state index in [0.29, 0.717) is 22.4 Å². The smallest absolute Gasteiger partial charge is 0.187 e. The van der Waals surface area contributed by atoms with E-state index in [1.165, 1.54) is 36.8 Å². The molecule has 2 N–H and O–H groups in total. The second-order valence-electron chi connectivity index (χ2n) is 6.60. The van der Waals surface area contributed by atoms with Crippen molar-refractivity contribution in [3.8, 4) is 22.4 Å². The Balaban J connectivity index is 1.70. The van der Waals surface area contributed by atoms with Crippen molar-refractivity contribution in [2.24, 2.45) is 0 Å². The number of nitrogens with two attached hydrogens (primary N) is 1. The molecule has 0 aliphatic heterocycles. The maximum Gasteiger partial charge on any atom is 0.187 e. The van der Waals surface area contributed by atoms with Crippen LogP contribution in [0.15, 0.2) is 73.3 Å². The van der Waals surface area contributed by atoms with Gasteiger partial charge in [-0.2, -0.15) is 0 Å². The molecule has 3 aromatic heterocycles. The maximum absolute atomic E-state index is 14.2. The van der Waals surface area contributed by atoms with Gasteiger partial charge in [-0.1, -0.05) is 12.1 Å². The van der Waals surface area contributed by atoms with Crippen molar-refractivity contribution in [1.82, 2.24) is 15.0 Å². The fraction of sp³-hybridized carbons (Fsp3) is 0.0435. The van der Waals surface area contributed by atoms with Crippen LogP contribution in [0.4, 0.5) is 14.5 Å². The molecular formula is C23H16F2N4O. The minimum Gasteiger partial charge on any atom is -0.397 e. The third-order valence-corrected chi connectivity index (χ3v) is 4.66. The van der Waals surface area contributed by atoms with Crippen LogP contribution in [-0.2, 0) is 6.42 Å². The van der Waals surface area contributed by atoms with Gasteiger partial charge >= 0.3 is 0 Å². The molecule has 4 rings (SSSR count). The first-order chi connectivity index (χ1) is 14.5. The number of halogens is 2. The SMILES string of the molecule is Nc1ccc(-c2ccccc2F)nc1C(=O)Cc1cnccc1-c1ccncc1F. The summed E-state index contributed by atoms with van der Waals surface area (Å²) in [6.45, 7) is 0. The van der Waals surface area contributed by atoms with Gasteiger partial charge in [-0.3, -0.25) is 14.8 Å². The number of carbonyl (C=O) groups is 1. The van der Waals surface area contributed by atoms with E-state index in [4.69, 9.17) is 5.73 Å². The molecule has 0 radical (unpaired) electrons. The van der Waals surface area contributed by atoms with Crippen molar-refractivity contribution in [1.29, 1.82) is 0 Å². The van der Waals surface area contributed by atoms with E-state index < -0.39 is 11.6 Å². The molecule has 1 aromatic carbocycles. The second kappa shape index (κ2) is 8.16. The molecule has 0 aliphatic rings. The van der Waals surface area contributed by atoms with Crippen LogP contribution in [0.5, 0.6) is 0 Å². The number of rotatable bonds is 5. The van der Waals surface area contributed by atoms with E-state index in [-0.39, 0.29) is 29.1 Å². The topological polar surface area (TPSA) is 81.8 Å². The zero-order valence-electron chi connectivity index (χ0n) is 15.7. The zero-order chi connectivity index (χ0) is 21.1. The first-order valence-corrected chi connectivity index (χ1v) is 9.12. The molecular weight excluding hydrogens is 386 g/mol. The predicted molar refractivity (Wildman–Crippen MR) is 110 cm³/mol. The van der Waals surface area contributed by atoms with Gasteiger partial charge in [-0.05, 0) is 47.5 Å². The molecule has 0 fully saturated rings. The highest BCUT2D eigenvalue weighted by molar-refractivity contribution is 6.01. The van der Waals surface area contributed by atoms with Crippen molar-refractivity contribution in [3.63, 3.8) is 0 Å². The van der Waals surface area contributed by atoms with Crippen LogP contribution in [0.1, 0.15) is 16.1 Å². The average Bonchev–Trinajstić information content (AvgIpc) is 2.75. The summed E-state index contributed by atoms with van der Waals surface area (Å²) in [5, 5.41) is 0. The van der Waals surface area contributed by atoms with Gasteiger partial charge in [0.2, 0.25) is 0 Å².